The van der Waals surface area contributed by atoms with Crippen LogP contribution in [0.15, 0.2) is 24.3 Å². The maximum atomic E-state index is 12.8. The van der Waals surface area contributed by atoms with Gasteiger partial charge in [0.15, 0.2) is 10.9 Å². The van der Waals surface area contributed by atoms with E-state index in [0.717, 1.165) is 0 Å². The molecule has 2 aliphatic rings. The van der Waals surface area contributed by atoms with E-state index in [4.69, 9.17) is 12.2 Å². The predicted molar refractivity (Wildman–Crippen MR) is 97.0 cm³/mol. The zero-order valence-electron chi connectivity index (χ0n) is 14.5. The van der Waals surface area contributed by atoms with Crippen molar-refractivity contribution in [3.8, 4) is 0 Å². The fourth-order valence-electron chi connectivity index (χ4n) is 3.07. The van der Waals surface area contributed by atoms with Crippen LogP contribution in [0, 0.1) is 0 Å². The highest BCUT2D eigenvalue weighted by molar-refractivity contribution is 7.80. The Hall–Kier alpha value is -2.65. The van der Waals surface area contributed by atoms with Gasteiger partial charge in [-0.3, -0.25) is 24.5 Å². The van der Waals surface area contributed by atoms with Gasteiger partial charge in [0.25, 0.3) is 0 Å². The van der Waals surface area contributed by atoms with Gasteiger partial charge in [0.05, 0.1) is 6.42 Å². The molecule has 2 N–H and O–H groups in total. The Balaban J connectivity index is 1.84. The smallest absolute Gasteiger partial charge is 0.248 e. The monoisotopic (exact) mass is 374 g/mol. The van der Waals surface area contributed by atoms with E-state index >= 15 is 0 Å². The van der Waals surface area contributed by atoms with Crippen molar-refractivity contribution in [2.75, 3.05) is 5.32 Å². The second-order valence-corrected chi connectivity index (χ2v) is 7.10. The molecule has 3 amide bonds. The van der Waals surface area contributed by atoms with Gasteiger partial charge in [-0.1, -0.05) is 0 Å². The second kappa shape index (κ2) is 6.26. The molecule has 1 aromatic rings. The fourth-order valence-corrected chi connectivity index (χ4v) is 3.36. The number of nitrogens with zero attached hydrogens (tertiary/aromatic N) is 2. The lowest BCUT2D eigenvalue weighted by atomic mass is 10.00. The number of hydrazine groups is 1. The van der Waals surface area contributed by atoms with Crippen molar-refractivity contribution in [2.24, 2.45) is 0 Å². The SMILES string of the molecule is CC(=O)c1ccc(NC(=O)C2CC(=O)N3C(=S)NC(=O)C(C)(C)N23)cc1. The van der Waals surface area contributed by atoms with Crippen LogP contribution < -0.4 is 10.6 Å². The van der Waals surface area contributed by atoms with Gasteiger partial charge in [0.2, 0.25) is 17.7 Å². The normalized spacial score (nSPS) is 22.0. The topological polar surface area (TPSA) is 98.8 Å². The Labute approximate surface area is 155 Å². The molecule has 1 atom stereocenters. The third-order valence-corrected chi connectivity index (χ3v) is 4.79. The summed E-state index contributed by atoms with van der Waals surface area (Å²) in [4.78, 5) is 48.7. The number of rotatable bonds is 3. The molecule has 0 saturated carbocycles. The summed E-state index contributed by atoms with van der Waals surface area (Å²) < 4.78 is 0. The minimum atomic E-state index is -1.12. The van der Waals surface area contributed by atoms with E-state index < -0.39 is 17.5 Å². The summed E-state index contributed by atoms with van der Waals surface area (Å²) in [6.45, 7) is 4.70. The molecule has 2 saturated heterocycles. The van der Waals surface area contributed by atoms with Gasteiger partial charge in [-0.15, -0.1) is 0 Å². The first kappa shape index (κ1) is 18.2. The molecule has 8 nitrogen and oxygen atoms in total. The molecule has 0 spiro atoms. The standard InChI is InChI=1S/C17H18N4O4S/c1-9(22)10-4-6-11(7-5-10)18-14(24)12-8-13(23)20-16(26)19-15(25)17(2,3)21(12)20/h4-7,12H,8H2,1-3H3,(H,18,24)(H,19,25,26). The van der Waals surface area contributed by atoms with Gasteiger partial charge in [0, 0.05) is 11.3 Å². The molecular weight excluding hydrogens is 356 g/mol. The zero-order chi connectivity index (χ0) is 19.2. The lowest BCUT2D eigenvalue weighted by Crippen LogP contribution is -2.71. The first-order valence-electron chi connectivity index (χ1n) is 8.02. The van der Waals surface area contributed by atoms with Gasteiger partial charge in [-0.25, -0.2) is 5.01 Å². The number of hydrogen-bond donors (Lipinski definition) is 2. The Morgan fingerprint density at radius 2 is 1.85 bits per heavy atom. The summed E-state index contributed by atoms with van der Waals surface area (Å²) in [5, 5.41) is 7.79. The van der Waals surface area contributed by atoms with Crippen molar-refractivity contribution in [2.45, 2.75) is 38.8 Å². The molecule has 2 aliphatic heterocycles. The summed E-state index contributed by atoms with van der Waals surface area (Å²) in [7, 11) is 0. The number of ketones is 1. The summed E-state index contributed by atoms with van der Waals surface area (Å²) in [6.07, 6.45) is -0.0874. The van der Waals surface area contributed by atoms with Gasteiger partial charge in [-0.2, -0.15) is 5.01 Å². The highest BCUT2D eigenvalue weighted by atomic mass is 32.1. The van der Waals surface area contributed by atoms with Crippen LogP contribution >= 0.6 is 12.2 Å². The van der Waals surface area contributed by atoms with E-state index in [0.29, 0.717) is 11.3 Å². The van der Waals surface area contributed by atoms with Crippen molar-refractivity contribution < 1.29 is 19.2 Å². The summed E-state index contributed by atoms with van der Waals surface area (Å²) >= 11 is 5.08. The quantitative estimate of drug-likeness (QED) is 0.601. The predicted octanol–water partition coefficient (Wildman–Crippen LogP) is 0.839. The molecule has 0 bridgehead atoms. The number of Topliss-reactive ketones (excluding diaryl/α,β-unsaturated/α-hetero) is 1. The number of nitrogens with one attached hydrogen (secondary N) is 2. The molecule has 3 rings (SSSR count). The van der Waals surface area contributed by atoms with E-state index in [-0.39, 0.29) is 29.1 Å². The number of anilines is 1. The largest absolute Gasteiger partial charge is 0.325 e. The van der Waals surface area contributed by atoms with Crippen molar-refractivity contribution in [3.63, 3.8) is 0 Å². The number of hydrogen-bond acceptors (Lipinski definition) is 6. The second-order valence-electron chi connectivity index (χ2n) is 6.71. The van der Waals surface area contributed by atoms with E-state index in [9.17, 15) is 19.2 Å². The molecule has 0 aliphatic carbocycles. The molecule has 136 valence electrons. The third-order valence-electron chi connectivity index (χ3n) is 4.52. The van der Waals surface area contributed by atoms with Crippen molar-refractivity contribution >= 4 is 46.5 Å². The number of benzene rings is 1. The van der Waals surface area contributed by atoms with Gasteiger partial charge in [-0.05, 0) is 57.3 Å². The minimum absolute atomic E-state index is 0.0274. The number of carbonyl (C=O) groups excluding carboxylic acids is 4. The van der Waals surface area contributed by atoms with E-state index in [1.54, 1.807) is 38.1 Å². The van der Waals surface area contributed by atoms with Crippen LogP contribution in [0.2, 0.25) is 0 Å². The van der Waals surface area contributed by atoms with Crippen molar-refractivity contribution in [1.82, 2.24) is 15.3 Å². The fraction of sp³-hybridized carbons (Fsp3) is 0.353. The number of amides is 3. The molecular formula is C17H18N4O4S. The molecule has 0 aromatic heterocycles. The van der Waals surface area contributed by atoms with E-state index in [2.05, 4.69) is 10.6 Å². The average molecular weight is 374 g/mol. The maximum Gasteiger partial charge on any atom is 0.248 e. The van der Waals surface area contributed by atoms with Gasteiger partial charge < -0.3 is 5.32 Å². The summed E-state index contributed by atoms with van der Waals surface area (Å²) in [5.74, 6) is -1.23. The first-order chi connectivity index (χ1) is 12.1. The minimum Gasteiger partial charge on any atom is -0.325 e. The lowest BCUT2D eigenvalue weighted by Gasteiger charge is -2.45. The number of carbonyl (C=O) groups is 4. The number of fused-ring (bicyclic) bond motifs is 1. The summed E-state index contributed by atoms with van der Waals surface area (Å²) in [5.41, 5.74) is -0.0910. The third kappa shape index (κ3) is 2.89. The highest BCUT2D eigenvalue weighted by Crippen LogP contribution is 2.32. The number of thiocarbonyl (C=S) groups is 1. The van der Waals surface area contributed by atoms with Crippen LogP contribution in [0.25, 0.3) is 0 Å². The zero-order valence-corrected chi connectivity index (χ0v) is 15.3. The van der Waals surface area contributed by atoms with Crippen LogP contribution in [0.3, 0.4) is 0 Å². The van der Waals surface area contributed by atoms with E-state index in [1.807, 2.05) is 0 Å². The molecule has 26 heavy (non-hydrogen) atoms. The highest BCUT2D eigenvalue weighted by Gasteiger charge is 2.56. The Morgan fingerprint density at radius 1 is 1.23 bits per heavy atom. The molecule has 2 fully saturated rings. The van der Waals surface area contributed by atoms with Crippen LogP contribution in [0.1, 0.15) is 37.6 Å². The molecule has 9 heteroatoms. The van der Waals surface area contributed by atoms with Crippen LogP contribution in [0.5, 0.6) is 0 Å². The van der Waals surface area contributed by atoms with Crippen LogP contribution in [-0.2, 0) is 14.4 Å². The Bertz CT molecular complexity index is 834. The molecule has 1 unspecified atom stereocenters. The average Bonchev–Trinajstić information content (AvgIpc) is 2.92. The molecule has 0 radical (unpaired) electrons. The molecule has 2 heterocycles. The Kier molecular flexibility index (Phi) is 4.37. The molecule has 1 aromatic carbocycles. The first-order valence-corrected chi connectivity index (χ1v) is 8.43. The van der Waals surface area contributed by atoms with Crippen molar-refractivity contribution in [3.05, 3.63) is 29.8 Å². The van der Waals surface area contributed by atoms with Crippen LogP contribution in [0.4, 0.5) is 5.69 Å². The van der Waals surface area contributed by atoms with E-state index in [1.165, 1.54) is 16.9 Å². The Morgan fingerprint density at radius 3 is 2.42 bits per heavy atom. The lowest BCUT2D eigenvalue weighted by molar-refractivity contribution is -0.154. The van der Waals surface area contributed by atoms with Gasteiger partial charge in [0.1, 0.15) is 11.6 Å². The van der Waals surface area contributed by atoms with Crippen LogP contribution in [-0.4, -0.2) is 50.2 Å². The summed E-state index contributed by atoms with van der Waals surface area (Å²) in [6, 6.07) is 5.58. The van der Waals surface area contributed by atoms with Crippen molar-refractivity contribution in [1.29, 1.82) is 0 Å². The van der Waals surface area contributed by atoms with Gasteiger partial charge >= 0.3 is 0 Å². The maximum absolute atomic E-state index is 12.8.